The Balaban J connectivity index is 1.93. The van der Waals surface area contributed by atoms with Crippen LogP contribution in [0.1, 0.15) is 44.6 Å². The van der Waals surface area contributed by atoms with E-state index in [9.17, 15) is 4.79 Å². The molecule has 2 atom stereocenters. The van der Waals surface area contributed by atoms with Crippen LogP contribution in [-0.4, -0.2) is 11.9 Å². The Labute approximate surface area is 115 Å². The van der Waals surface area contributed by atoms with E-state index < -0.39 is 0 Å². The first kappa shape index (κ1) is 14.1. The van der Waals surface area contributed by atoms with Gasteiger partial charge in [-0.15, -0.1) is 0 Å². The minimum absolute atomic E-state index is 0.100. The van der Waals surface area contributed by atoms with E-state index in [1.807, 2.05) is 18.2 Å². The Bertz CT molecular complexity index is 431. The summed E-state index contributed by atoms with van der Waals surface area (Å²) in [6.45, 7) is 2.10. The summed E-state index contributed by atoms with van der Waals surface area (Å²) >= 11 is 0. The summed E-state index contributed by atoms with van der Waals surface area (Å²) in [5.74, 6) is 0.450. The Morgan fingerprint density at radius 2 is 2.05 bits per heavy atom. The average molecular weight is 260 g/mol. The Kier molecular flexibility index (Phi) is 4.97. The van der Waals surface area contributed by atoms with Gasteiger partial charge in [0.05, 0.1) is 0 Å². The van der Waals surface area contributed by atoms with E-state index in [4.69, 9.17) is 5.73 Å². The number of amides is 1. The van der Waals surface area contributed by atoms with Crippen LogP contribution in [0.4, 0.5) is 5.69 Å². The van der Waals surface area contributed by atoms with Crippen LogP contribution in [0.25, 0.3) is 0 Å². The standard InChI is InChI=1S/C16H24N2O/c1-2-12-7-4-6-10-15(12)18-16(19)11-13-8-3-5-9-14(13)17/h4,6-7,10,13-14H,2-3,5,8-9,11,17H2,1H3,(H,18,19). The van der Waals surface area contributed by atoms with E-state index in [0.717, 1.165) is 24.9 Å². The van der Waals surface area contributed by atoms with Gasteiger partial charge < -0.3 is 11.1 Å². The van der Waals surface area contributed by atoms with Crippen LogP contribution >= 0.6 is 0 Å². The van der Waals surface area contributed by atoms with Crippen molar-refractivity contribution in [3.05, 3.63) is 29.8 Å². The lowest BCUT2D eigenvalue weighted by Gasteiger charge is -2.28. The molecule has 0 saturated heterocycles. The number of anilines is 1. The van der Waals surface area contributed by atoms with Crippen LogP contribution in [0.2, 0.25) is 0 Å². The van der Waals surface area contributed by atoms with Gasteiger partial charge in [0.15, 0.2) is 0 Å². The summed E-state index contributed by atoms with van der Waals surface area (Å²) in [7, 11) is 0. The fourth-order valence-corrected chi connectivity index (χ4v) is 2.88. The molecule has 1 fully saturated rings. The molecule has 0 aliphatic heterocycles. The molecular weight excluding hydrogens is 236 g/mol. The fraction of sp³-hybridized carbons (Fsp3) is 0.562. The van der Waals surface area contributed by atoms with Crippen molar-refractivity contribution >= 4 is 11.6 Å². The molecule has 0 radical (unpaired) electrons. The number of nitrogens with one attached hydrogen (secondary N) is 1. The molecule has 0 heterocycles. The van der Waals surface area contributed by atoms with Crippen LogP contribution in [0, 0.1) is 5.92 Å². The molecule has 2 unspecified atom stereocenters. The van der Waals surface area contributed by atoms with Crippen molar-refractivity contribution in [1.29, 1.82) is 0 Å². The molecule has 1 aromatic rings. The smallest absolute Gasteiger partial charge is 0.224 e. The SMILES string of the molecule is CCc1ccccc1NC(=O)CC1CCCCC1N. The molecule has 0 bridgehead atoms. The molecule has 1 saturated carbocycles. The monoisotopic (exact) mass is 260 g/mol. The number of benzene rings is 1. The number of hydrogen-bond acceptors (Lipinski definition) is 2. The molecule has 0 spiro atoms. The summed E-state index contributed by atoms with van der Waals surface area (Å²) in [5.41, 5.74) is 8.22. The van der Waals surface area contributed by atoms with Gasteiger partial charge in [-0.1, -0.05) is 38.0 Å². The number of carbonyl (C=O) groups excluding carboxylic acids is 1. The number of para-hydroxylation sites is 1. The Morgan fingerprint density at radius 1 is 1.32 bits per heavy atom. The Morgan fingerprint density at radius 3 is 2.79 bits per heavy atom. The molecule has 3 heteroatoms. The topological polar surface area (TPSA) is 55.1 Å². The number of carbonyl (C=O) groups is 1. The largest absolute Gasteiger partial charge is 0.327 e. The van der Waals surface area contributed by atoms with Crippen molar-refractivity contribution in [2.75, 3.05) is 5.32 Å². The lowest BCUT2D eigenvalue weighted by atomic mass is 9.83. The first-order valence-electron chi connectivity index (χ1n) is 7.34. The second kappa shape index (κ2) is 6.71. The molecule has 3 nitrogen and oxygen atoms in total. The van der Waals surface area contributed by atoms with Gasteiger partial charge in [0, 0.05) is 18.2 Å². The maximum atomic E-state index is 12.1. The molecule has 104 valence electrons. The zero-order chi connectivity index (χ0) is 13.7. The third-order valence-corrected chi connectivity index (χ3v) is 4.09. The molecule has 19 heavy (non-hydrogen) atoms. The molecular formula is C16H24N2O. The number of rotatable bonds is 4. The summed E-state index contributed by atoms with van der Waals surface area (Å²) in [4.78, 5) is 12.1. The second-order valence-corrected chi connectivity index (χ2v) is 5.47. The summed E-state index contributed by atoms with van der Waals surface area (Å²) in [5, 5.41) is 3.03. The van der Waals surface area contributed by atoms with Crippen LogP contribution in [0.5, 0.6) is 0 Å². The van der Waals surface area contributed by atoms with Crippen molar-refractivity contribution in [2.45, 2.75) is 51.5 Å². The van der Waals surface area contributed by atoms with Gasteiger partial charge in [-0.2, -0.15) is 0 Å². The van der Waals surface area contributed by atoms with Crippen LogP contribution in [-0.2, 0) is 11.2 Å². The van der Waals surface area contributed by atoms with Gasteiger partial charge in [0.2, 0.25) is 5.91 Å². The van der Waals surface area contributed by atoms with Crippen molar-refractivity contribution in [2.24, 2.45) is 11.7 Å². The summed E-state index contributed by atoms with van der Waals surface area (Å²) < 4.78 is 0. The van der Waals surface area contributed by atoms with Gasteiger partial charge in [0.25, 0.3) is 0 Å². The van der Waals surface area contributed by atoms with Crippen LogP contribution in [0.3, 0.4) is 0 Å². The summed E-state index contributed by atoms with van der Waals surface area (Å²) in [6, 6.07) is 8.19. The number of nitrogens with two attached hydrogens (primary N) is 1. The third-order valence-electron chi connectivity index (χ3n) is 4.09. The first-order valence-corrected chi connectivity index (χ1v) is 7.34. The Hall–Kier alpha value is -1.35. The molecule has 1 amide bonds. The lowest BCUT2D eigenvalue weighted by molar-refractivity contribution is -0.117. The van der Waals surface area contributed by atoms with Gasteiger partial charge in [-0.05, 0) is 36.8 Å². The van der Waals surface area contributed by atoms with Gasteiger partial charge >= 0.3 is 0 Å². The zero-order valence-electron chi connectivity index (χ0n) is 11.7. The van der Waals surface area contributed by atoms with E-state index >= 15 is 0 Å². The third kappa shape index (κ3) is 3.80. The number of aryl methyl sites for hydroxylation is 1. The molecule has 2 rings (SSSR count). The van der Waals surface area contributed by atoms with Gasteiger partial charge in [-0.3, -0.25) is 4.79 Å². The molecule has 0 aromatic heterocycles. The predicted octanol–water partition coefficient (Wildman–Crippen LogP) is 3.10. The zero-order valence-corrected chi connectivity index (χ0v) is 11.7. The minimum atomic E-state index is 0.100. The summed E-state index contributed by atoms with van der Waals surface area (Å²) in [6.07, 6.45) is 6.04. The normalized spacial score (nSPS) is 23.1. The molecule has 1 aromatic carbocycles. The lowest BCUT2D eigenvalue weighted by Crippen LogP contribution is -2.35. The minimum Gasteiger partial charge on any atom is -0.327 e. The van der Waals surface area contributed by atoms with E-state index in [0.29, 0.717) is 12.3 Å². The quantitative estimate of drug-likeness (QED) is 0.874. The van der Waals surface area contributed by atoms with E-state index in [2.05, 4.69) is 18.3 Å². The first-order chi connectivity index (χ1) is 9.20. The maximum Gasteiger partial charge on any atom is 0.224 e. The molecule has 1 aliphatic carbocycles. The van der Waals surface area contributed by atoms with Crippen molar-refractivity contribution in [3.8, 4) is 0 Å². The van der Waals surface area contributed by atoms with Gasteiger partial charge in [0.1, 0.15) is 0 Å². The second-order valence-electron chi connectivity index (χ2n) is 5.47. The van der Waals surface area contributed by atoms with Gasteiger partial charge in [-0.25, -0.2) is 0 Å². The van der Waals surface area contributed by atoms with E-state index in [1.54, 1.807) is 0 Å². The maximum absolute atomic E-state index is 12.1. The molecule has 1 aliphatic rings. The fourth-order valence-electron chi connectivity index (χ4n) is 2.88. The number of hydrogen-bond donors (Lipinski definition) is 2. The van der Waals surface area contributed by atoms with Crippen molar-refractivity contribution < 1.29 is 4.79 Å². The average Bonchev–Trinajstić information content (AvgIpc) is 2.42. The highest BCUT2D eigenvalue weighted by atomic mass is 16.1. The van der Waals surface area contributed by atoms with Crippen LogP contribution < -0.4 is 11.1 Å². The van der Waals surface area contributed by atoms with Crippen LogP contribution in [0.15, 0.2) is 24.3 Å². The highest BCUT2D eigenvalue weighted by molar-refractivity contribution is 5.91. The highest BCUT2D eigenvalue weighted by Gasteiger charge is 2.24. The molecule has 3 N–H and O–H groups in total. The van der Waals surface area contributed by atoms with E-state index in [-0.39, 0.29) is 11.9 Å². The predicted molar refractivity (Wildman–Crippen MR) is 79.0 cm³/mol. The van der Waals surface area contributed by atoms with E-state index in [1.165, 1.54) is 18.4 Å². The van der Waals surface area contributed by atoms with Crippen molar-refractivity contribution in [1.82, 2.24) is 0 Å². The van der Waals surface area contributed by atoms with Crippen molar-refractivity contribution in [3.63, 3.8) is 0 Å². The highest BCUT2D eigenvalue weighted by Crippen LogP contribution is 2.26.